The zero-order valence-corrected chi connectivity index (χ0v) is 20.5. The molecule has 2 aromatic rings. The number of rotatable bonds is 10. The molecule has 0 aromatic heterocycles. The van der Waals surface area contributed by atoms with Gasteiger partial charge in [0.2, 0.25) is 11.8 Å². The van der Waals surface area contributed by atoms with E-state index >= 15 is 0 Å². The van der Waals surface area contributed by atoms with Gasteiger partial charge >= 0.3 is 0 Å². The summed E-state index contributed by atoms with van der Waals surface area (Å²) in [5.74, 6) is 0.536. The van der Waals surface area contributed by atoms with E-state index in [0.29, 0.717) is 43.2 Å². The molecule has 6 heteroatoms. The Kier molecular flexibility index (Phi) is 9.58. The number of halogens is 1. The van der Waals surface area contributed by atoms with Gasteiger partial charge in [0.15, 0.2) is 0 Å². The van der Waals surface area contributed by atoms with Gasteiger partial charge in [0.1, 0.15) is 11.8 Å². The maximum Gasteiger partial charge on any atom is 0.243 e. The van der Waals surface area contributed by atoms with Crippen molar-refractivity contribution in [1.82, 2.24) is 10.2 Å². The lowest BCUT2D eigenvalue weighted by Crippen LogP contribution is -2.53. The fourth-order valence-electron chi connectivity index (χ4n) is 3.35. The minimum absolute atomic E-state index is 0.0545. The van der Waals surface area contributed by atoms with Crippen molar-refractivity contribution < 1.29 is 14.3 Å². The number of aryl methyl sites for hydroxylation is 1. The quantitative estimate of drug-likeness (QED) is 0.476. The van der Waals surface area contributed by atoms with Crippen LogP contribution in [0.3, 0.4) is 0 Å². The molecule has 0 heterocycles. The Bertz CT molecular complexity index is 873. The maximum absolute atomic E-state index is 13.2. The van der Waals surface area contributed by atoms with Gasteiger partial charge in [0.25, 0.3) is 0 Å². The van der Waals surface area contributed by atoms with Gasteiger partial charge < -0.3 is 15.0 Å². The number of hydrogen-bond donors (Lipinski definition) is 1. The molecule has 1 atom stereocenters. The van der Waals surface area contributed by atoms with Crippen molar-refractivity contribution in [2.45, 2.75) is 72.0 Å². The van der Waals surface area contributed by atoms with E-state index in [1.54, 1.807) is 29.2 Å². The van der Waals surface area contributed by atoms with Crippen molar-refractivity contribution in [3.63, 3.8) is 0 Å². The van der Waals surface area contributed by atoms with Crippen LogP contribution < -0.4 is 10.1 Å². The van der Waals surface area contributed by atoms with Crippen LogP contribution >= 0.6 is 11.6 Å². The average molecular weight is 459 g/mol. The van der Waals surface area contributed by atoms with Crippen LogP contribution in [-0.2, 0) is 16.1 Å². The lowest BCUT2D eigenvalue weighted by atomic mass is 10.0. The summed E-state index contributed by atoms with van der Waals surface area (Å²) in [4.78, 5) is 27.9. The highest BCUT2D eigenvalue weighted by molar-refractivity contribution is 6.30. The third-order valence-corrected chi connectivity index (χ3v) is 5.23. The van der Waals surface area contributed by atoms with Crippen LogP contribution in [0, 0.1) is 6.92 Å². The largest absolute Gasteiger partial charge is 0.494 e. The average Bonchev–Trinajstić information content (AvgIpc) is 2.72. The molecule has 0 saturated heterocycles. The fourth-order valence-corrected chi connectivity index (χ4v) is 3.48. The van der Waals surface area contributed by atoms with Gasteiger partial charge in [-0.15, -0.1) is 0 Å². The van der Waals surface area contributed by atoms with Crippen molar-refractivity contribution in [3.8, 4) is 5.75 Å². The molecular weight excluding hydrogens is 424 g/mol. The number of ether oxygens (including phenoxy) is 1. The number of hydrogen-bond acceptors (Lipinski definition) is 3. The molecule has 0 bridgehead atoms. The van der Waals surface area contributed by atoms with Gasteiger partial charge in [-0.25, -0.2) is 0 Å². The number of carbonyl (C=O) groups excluding carboxylic acids is 2. The third-order valence-electron chi connectivity index (χ3n) is 4.97. The van der Waals surface area contributed by atoms with E-state index < -0.39 is 6.04 Å². The molecule has 1 unspecified atom stereocenters. The second kappa shape index (κ2) is 11.9. The zero-order valence-electron chi connectivity index (χ0n) is 19.8. The lowest BCUT2D eigenvalue weighted by Gasteiger charge is -2.33. The summed E-state index contributed by atoms with van der Waals surface area (Å²) in [6.45, 7) is 10.6. The topological polar surface area (TPSA) is 58.6 Å². The van der Waals surface area contributed by atoms with E-state index in [2.05, 4.69) is 5.32 Å². The monoisotopic (exact) mass is 458 g/mol. The highest BCUT2D eigenvalue weighted by Gasteiger charge is 2.30. The summed E-state index contributed by atoms with van der Waals surface area (Å²) in [6.07, 6.45) is 1.41. The molecule has 0 spiro atoms. The Morgan fingerprint density at radius 2 is 1.69 bits per heavy atom. The Morgan fingerprint density at radius 1 is 1.06 bits per heavy atom. The Labute approximate surface area is 197 Å². The van der Waals surface area contributed by atoms with Crippen LogP contribution in [0.4, 0.5) is 0 Å². The van der Waals surface area contributed by atoms with Gasteiger partial charge in [0, 0.05) is 23.5 Å². The van der Waals surface area contributed by atoms with Crippen molar-refractivity contribution in [2.24, 2.45) is 0 Å². The first-order valence-corrected chi connectivity index (χ1v) is 11.5. The molecule has 0 aliphatic rings. The van der Waals surface area contributed by atoms with E-state index in [9.17, 15) is 9.59 Å². The minimum atomic E-state index is -0.528. The van der Waals surface area contributed by atoms with Crippen LogP contribution in [0.25, 0.3) is 0 Å². The van der Waals surface area contributed by atoms with Crippen LogP contribution in [0.5, 0.6) is 5.75 Å². The molecule has 0 aliphatic carbocycles. The van der Waals surface area contributed by atoms with E-state index in [-0.39, 0.29) is 17.4 Å². The highest BCUT2D eigenvalue weighted by Crippen LogP contribution is 2.18. The van der Waals surface area contributed by atoms with Gasteiger partial charge in [-0.1, -0.05) is 48.4 Å². The lowest BCUT2D eigenvalue weighted by molar-refractivity contribution is -0.142. The highest BCUT2D eigenvalue weighted by atomic mass is 35.5. The number of carbonyl (C=O) groups is 2. The summed E-state index contributed by atoms with van der Waals surface area (Å²) in [5.41, 5.74) is 1.79. The summed E-state index contributed by atoms with van der Waals surface area (Å²) >= 11 is 5.90. The molecule has 5 nitrogen and oxygen atoms in total. The summed E-state index contributed by atoms with van der Waals surface area (Å²) in [6, 6.07) is 14.7. The Hall–Kier alpha value is -2.53. The van der Waals surface area contributed by atoms with Crippen LogP contribution in [0.2, 0.25) is 5.02 Å². The first-order valence-electron chi connectivity index (χ1n) is 11.1. The van der Waals surface area contributed by atoms with Gasteiger partial charge in [-0.3, -0.25) is 9.59 Å². The third kappa shape index (κ3) is 8.54. The summed E-state index contributed by atoms with van der Waals surface area (Å²) in [7, 11) is 0. The maximum atomic E-state index is 13.2. The molecule has 2 amide bonds. The Balaban J connectivity index is 2.07. The summed E-state index contributed by atoms with van der Waals surface area (Å²) < 4.78 is 5.71. The van der Waals surface area contributed by atoms with Crippen LogP contribution in [-0.4, -0.2) is 34.9 Å². The number of amides is 2. The van der Waals surface area contributed by atoms with Crippen molar-refractivity contribution in [2.75, 3.05) is 6.61 Å². The first-order chi connectivity index (χ1) is 15.1. The predicted molar refractivity (Wildman–Crippen MR) is 130 cm³/mol. The number of nitrogens with zero attached hydrogens (tertiary/aromatic N) is 1. The molecule has 1 N–H and O–H groups in total. The summed E-state index contributed by atoms with van der Waals surface area (Å²) in [5, 5.41) is 3.68. The van der Waals surface area contributed by atoms with Gasteiger partial charge in [-0.05, 0) is 70.4 Å². The SMILES string of the molecule is CCC(C(=O)NC(C)(C)C)N(Cc1ccc(C)cc1)C(=O)CCCOc1ccc(Cl)cc1. The van der Waals surface area contributed by atoms with Crippen molar-refractivity contribution in [1.29, 1.82) is 0 Å². The molecule has 174 valence electrons. The molecule has 0 saturated carbocycles. The minimum Gasteiger partial charge on any atom is -0.494 e. The molecule has 2 rings (SSSR count). The normalized spacial score (nSPS) is 12.2. The Morgan fingerprint density at radius 3 is 2.25 bits per heavy atom. The standard InChI is InChI=1S/C26H35ClN2O3/c1-6-23(25(31)28-26(3,4)5)29(18-20-11-9-19(2)10-12-20)24(30)8-7-17-32-22-15-13-21(27)14-16-22/h9-16,23H,6-8,17-18H2,1-5H3,(H,28,31). The predicted octanol–water partition coefficient (Wildman–Crippen LogP) is 5.53. The van der Waals surface area contributed by atoms with Crippen molar-refractivity contribution >= 4 is 23.4 Å². The van der Waals surface area contributed by atoms with Crippen molar-refractivity contribution in [3.05, 3.63) is 64.7 Å². The molecule has 0 radical (unpaired) electrons. The van der Waals surface area contributed by atoms with E-state index in [4.69, 9.17) is 16.3 Å². The number of benzene rings is 2. The van der Waals surface area contributed by atoms with E-state index in [0.717, 1.165) is 11.1 Å². The van der Waals surface area contributed by atoms with Crippen LogP contribution in [0.15, 0.2) is 48.5 Å². The molecule has 0 fully saturated rings. The van der Waals surface area contributed by atoms with Crippen LogP contribution in [0.1, 0.15) is 58.1 Å². The zero-order chi connectivity index (χ0) is 23.7. The van der Waals surface area contributed by atoms with Gasteiger partial charge in [0.05, 0.1) is 6.61 Å². The van der Waals surface area contributed by atoms with Gasteiger partial charge in [-0.2, -0.15) is 0 Å². The number of nitrogens with one attached hydrogen (secondary N) is 1. The molecular formula is C26H35ClN2O3. The first kappa shape index (κ1) is 25.7. The molecule has 0 aliphatic heterocycles. The fraction of sp³-hybridized carbons (Fsp3) is 0.462. The molecule has 32 heavy (non-hydrogen) atoms. The second-order valence-electron chi connectivity index (χ2n) is 9.08. The smallest absolute Gasteiger partial charge is 0.243 e. The van der Waals surface area contributed by atoms with E-state index in [1.165, 1.54) is 0 Å². The molecule has 2 aromatic carbocycles. The second-order valence-corrected chi connectivity index (χ2v) is 9.51. The van der Waals surface area contributed by atoms with E-state index in [1.807, 2.05) is 58.9 Å².